The van der Waals surface area contributed by atoms with Crippen LogP contribution >= 0.6 is 0 Å². The van der Waals surface area contributed by atoms with Crippen molar-refractivity contribution < 1.29 is 9.84 Å². The van der Waals surface area contributed by atoms with Crippen molar-refractivity contribution in [3.05, 3.63) is 54.1 Å². The maximum atomic E-state index is 8.80. The highest BCUT2D eigenvalue weighted by Gasteiger charge is 2.06. The maximum absolute atomic E-state index is 8.80. The number of hydrogen-bond acceptors (Lipinski definition) is 3. The zero-order valence-electron chi connectivity index (χ0n) is 12.5. The van der Waals surface area contributed by atoms with Crippen molar-refractivity contribution in [3.63, 3.8) is 0 Å². The Morgan fingerprint density at radius 1 is 0.952 bits per heavy atom. The van der Waals surface area contributed by atoms with E-state index in [-0.39, 0.29) is 12.6 Å². The van der Waals surface area contributed by atoms with Crippen molar-refractivity contribution in [2.45, 2.75) is 25.3 Å². The van der Waals surface area contributed by atoms with Gasteiger partial charge in [0.05, 0.1) is 7.11 Å². The molecule has 0 amide bonds. The van der Waals surface area contributed by atoms with E-state index in [1.54, 1.807) is 7.11 Å². The highest BCUT2D eigenvalue weighted by molar-refractivity contribution is 5.64. The second-order valence-electron chi connectivity index (χ2n) is 5.18. The normalized spacial score (nSPS) is 12.1. The zero-order valence-corrected chi connectivity index (χ0v) is 12.5. The molecule has 3 heteroatoms. The predicted molar refractivity (Wildman–Crippen MR) is 86.3 cm³/mol. The first kappa shape index (κ1) is 15.5. The highest BCUT2D eigenvalue weighted by Crippen LogP contribution is 2.25. The molecule has 0 aliphatic carbocycles. The Kier molecular flexibility index (Phi) is 5.78. The molecule has 112 valence electrons. The van der Waals surface area contributed by atoms with Crippen LogP contribution in [0.15, 0.2) is 48.5 Å². The smallest absolute Gasteiger partial charge is 0.118 e. The van der Waals surface area contributed by atoms with E-state index < -0.39 is 0 Å². The quantitative estimate of drug-likeness (QED) is 0.765. The van der Waals surface area contributed by atoms with Crippen LogP contribution in [-0.2, 0) is 0 Å². The second-order valence-corrected chi connectivity index (χ2v) is 5.18. The summed E-state index contributed by atoms with van der Waals surface area (Å²) in [7, 11) is 1.67. The molecule has 0 saturated carbocycles. The molecule has 0 saturated heterocycles. The number of hydrogen-bond donors (Lipinski definition) is 2. The lowest BCUT2D eigenvalue weighted by molar-refractivity contribution is 0.281. The third-order valence-electron chi connectivity index (χ3n) is 3.69. The summed E-state index contributed by atoms with van der Waals surface area (Å²) in [5, 5.41) is 8.80. The van der Waals surface area contributed by atoms with Crippen LogP contribution in [0.1, 0.15) is 30.9 Å². The van der Waals surface area contributed by atoms with E-state index in [0.29, 0.717) is 0 Å². The first-order valence-corrected chi connectivity index (χ1v) is 7.35. The number of rotatable bonds is 7. The van der Waals surface area contributed by atoms with E-state index in [9.17, 15) is 0 Å². The molecule has 0 aliphatic rings. The van der Waals surface area contributed by atoms with Crippen LogP contribution in [0, 0.1) is 0 Å². The zero-order chi connectivity index (χ0) is 15.1. The van der Waals surface area contributed by atoms with E-state index in [0.717, 1.165) is 36.1 Å². The fourth-order valence-electron chi connectivity index (χ4n) is 2.35. The van der Waals surface area contributed by atoms with Gasteiger partial charge in [-0.1, -0.05) is 36.4 Å². The summed E-state index contributed by atoms with van der Waals surface area (Å²) >= 11 is 0. The van der Waals surface area contributed by atoms with Crippen LogP contribution in [0.3, 0.4) is 0 Å². The van der Waals surface area contributed by atoms with Crippen molar-refractivity contribution >= 4 is 0 Å². The molecule has 3 nitrogen and oxygen atoms in total. The SMILES string of the molecule is COc1ccc(-c2ccc(C(N)CCCCO)cc2)cc1. The highest BCUT2D eigenvalue weighted by atomic mass is 16.5. The minimum Gasteiger partial charge on any atom is -0.497 e. The molecular formula is C18H23NO2. The van der Waals surface area contributed by atoms with Gasteiger partial charge in [0, 0.05) is 12.6 Å². The summed E-state index contributed by atoms with van der Waals surface area (Å²) in [6, 6.07) is 16.4. The maximum Gasteiger partial charge on any atom is 0.118 e. The summed E-state index contributed by atoms with van der Waals surface area (Å²) in [5.74, 6) is 0.862. The summed E-state index contributed by atoms with van der Waals surface area (Å²) in [6.45, 7) is 0.239. The van der Waals surface area contributed by atoms with Crippen LogP contribution in [0.2, 0.25) is 0 Å². The molecule has 1 atom stereocenters. The van der Waals surface area contributed by atoms with Gasteiger partial charge >= 0.3 is 0 Å². The third kappa shape index (κ3) is 4.31. The van der Waals surface area contributed by atoms with Crippen LogP contribution in [0.4, 0.5) is 0 Å². The molecule has 21 heavy (non-hydrogen) atoms. The Balaban J connectivity index is 2.03. The number of benzene rings is 2. The van der Waals surface area contributed by atoms with Crippen molar-refractivity contribution in [1.82, 2.24) is 0 Å². The summed E-state index contributed by atoms with van der Waals surface area (Å²) in [5.41, 5.74) is 9.64. The molecule has 0 aromatic heterocycles. The van der Waals surface area contributed by atoms with Gasteiger partial charge in [-0.15, -0.1) is 0 Å². The molecule has 0 fully saturated rings. The van der Waals surface area contributed by atoms with Gasteiger partial charge in [0.2, 0.25) is 0 Å². The van der Waals surface area contributed by atoms with E-state index in [1.165, 1.54) is 5.56 Å². The second kappa shape index (κ2) is 7.81. The average Bonchev–Trinajstić information content (AvgIpc) is 2.55. The van der Waals surface area contributed by atoms with Crippen molar-refractivity contribution in [2.75, 3.05) is 13.7 Å². The van der Waals surface area contributed by atoms with Crippen molar-refractivity contribution in [3.8, 4) is 16.9 Å². The number of nitrogens with two attached hydrogens (primary N) is 1. The van der Waals surface area contributed by atoms with E-state index in [4.69, 9.17) is 15.6 Å². The van der Waals surface area contributed by atoms with Gasteiger partial charge in [0.1, 0.15) is 5.75 Å². The number of aliphatic hydroxyl groups is 1. The molecular weight excluding hydrogens is 262 g/mol. The summed E-state index contributed by atoms with van der Waals surface area (Å²) in [6.07, 6.45) is 2.68. The number of aliphatic hydroxyl groups excluding tert-OH is 1. The van der Waals surface area contributed by atoms with Gasteiger partial charge in [-0.25, -0.2) is 0 Å². The van der Waals surface area contributed by atoms with E-state index in [2.05, 4.69) is 36.4 Å². The molecule has 0 bridgehead atoms. The molecule has 0 spiro atoms. The minimum atomic E-state index is 0.0430. The predicted octanol–water partition coefficient (Wildman–Crippen LogP) is 3.52. The van der Waals surface area contributed by atoms with Gasteiger partial charge in [-0.05, 0) is 48.1 Å². The van der Waals surface area contributed by atoms with E-state index >= 15 is 0 Å². The van der Waals surface area contributed by atoms with Gasteiger partial charge < -0.3 is 15.6 Å². The van der Waals surface area contributed by atoms with Gasteiger partial charge in [-0.3, -0.25) is 0 Å². The Labute approximate surface area is 126 Å². The monoisotopic (exact) mass is 285 g/mol. The molecule has 2 aromatic rings. The Hall–Kier alpha value is -1.84. The minimum absolute atomic E-state index is 0.0430. The Morgan fingerprint density at radius 3 is 2.05 bits per heavy atom. The van der Waals surface area contributed by atoms with Gasteiger partial charge in [-0.2, -0.15) is 0 Å². The largest absolute Gasteiger partial charge is 0.497 e. The Morgan fingerprint density at radius 2 is 1.52 bits per heavy atom. The van der Waals surface area contributed by atoms with Gasteiger partial charge in [0.25, 0.3) is 0 Å². The molecule has 3 N–H and O–H groups in total. The fraction of sp³-hybridized carbons (Fsp3) is 0.333. The third-order valence-corrected chi connectivity index (χ3v) is 3.69. The number of methoxy groups -OCH3 is 1. The molecule has 1 unspecified atom stereocenters. The lowest BCUT2D eigenvalue weighted by Gasteiger charge is -2.12. The van der Waals surface area contributed by atoms with Crippen LogP contribution < -0.4 is 10.5 Å². The first-order valence-electron chi connectivity index (χ1n) is 7.35. The number of ether oxygens (including phenoxy) is 1. The van der Waals surface area contributed by atoms with E-state index in [1.807, 2.05) is 12.1 Å². The lowest BCUT2D eigenvalue weighted by atomic mass is 9.98. The standard InChI is InChI=1S/C18H23NO2/c1-21-17-11-9-15(10-12-17)14-5-7-16(8-6-14)18(19)4-2-3-13-20/h5-12,18,20H,2-4,13,19H2,1H3. The van der Waals surface area contributed by atoms with Crippen LogP contribution in [0.5, 0.6) is 5.75 Å². The van der Waals surface area contributed by atoms with Crippen LogP contribution in [0.25, 0.3) is 11.1 Å². The summed E-state index contributed by atoms with van der Waals surface area (Å²) in [4.78, 5) is 0. The molecule has 0 heterocycles. The first-order chi connectivity index (χ1) is 10.2. The molecule has 2 aromatic carbocycles. The topological polar surface area (TPSA) is 55.5 Å². The van der Waals surface area contributed by atoms with Crippen molar-refractivity contribution in [2.24, 2.45) is 5.73 Å². The lowest BCUT2D eigenvalue weighted by Crippen LogP contribution is -2.10. The van der Waals surface area contributed by atoms with Gasteiger partial charge in [0.15, 0.2) is 0 Å². The molecule has 2 rings (SSSR count). The fourth-order valence-corrected chi connectivity index (χ4v) is 2.35. The average molecular weight is 285 g/mol. The number of unbranched alkanes of at least 4 members (excludes halogenated alkanes) is 1. The molecule has 0 aliphatic heterocycles. The van der Waals surface area contributed by atoms with Crippen LogP contribution in [-0.4, -0.2) is 18.8 Å². The van der Waals surface area contributed by atoms with Crippen molar-refractivity contribution in [1.29, 1.82) is 0 Å². The Bertz CT molecular complexity index is 534. The molecule has 0 radical (unpaired) electrons. The summed E-state index contributed by atoms with van der Waals surface area (Å²) < 4.78 is 5.17.